The van der Waals surface area contributed by atoms with Crippen LogP contribution in [0, 0.1) is 5.92 Å². The number of aromatic hydroxyl groups is 1. The number of phenols is 1. The molecule has 0 saturated heterocycles. The second-order valence-electron chi connectivity index (χ2n) is 4.67. The van der Waals surface area contributed by atoms with Crippen molar-refractivity contribution in [3.05, 3.63) is 29.8 Å². The minimum atomic E-state index is 0.195. The Bertz CT molecular complexity index is 323. The van der Waals surface area contributed by atoms with E-state index in [1.54, 1.807) is 12.1 Å². The summed E-state index contributed by atoms with van der Waals surface area (Å²) in [6, 6.07) is 7.82. The minimum Gasteiger partial charge on any atom is -0.508 e. The standard InChI is InChI=1S/C14H23NO2/c1-4-14(15-11(3)10(2)9-16)12-5-7-13(17)8-6-12/h5-8,10-11,14-17H,4,9H2,1-3H3. The molecule has 0 aliphatic carbocycles. The number of hydrogen-bond donors (Lipinski definition) is 3. The normalized spacial score (nSPS) is 16.5. The van der Waals surface area contributed by atoms with Gasteiger partial charge >= 0.3 is 0 Å². The van der Waals surface area contributed by atoms with Crippen LogP contribution in [-0.2, 0) is 0 Å². The van der Waals surface area contributed by atoms with Gasteiger partial charge in [0.2, 0.25) is 0 Å². The van der Waals surface area contributed by atoms with E-state index in [1.165, 1.54) is 5.56 Å². The Morgan fingerprint density at radius 1 is 1.18 bits per heavy atom. The fourth-order valence-corrected chi connectivity index (χ4v) is 1.80. The summed E-state index contributed by atoms with van der Waals surface area (Å²) in [6.07, 6.45) is 0.979. The highest BCUT2D eigenvalue weighted by atomic mass is 16.3. The van der Waals surface area contributed by atoms with Gasteiger partial charge in [0.05, 0.1) is 0 Å². The van der Waals surface area contributed by atoms with Crippen molar-refractivity contribution in [3.63, 3.8) is 0 Å². The predicted molar refractivity (Wildman–Crippen MR) is 70.0 cm³/mol. The van der Waals surface area contributed by atoms with Gasteiger partial charge in [-0.15, -0.1) is 0 Å². The Kier molecular flexibility index (Phi) is 5.45. The molecule has 0 spiro atoms. The van der Waals surface area contributed by atoms with Crippen molar-refractivity contribution in [3.8, 4) is 5.75 Å². The van der Waals surface area contributed by atoms with Gasteiger partial charge in [-0.05, 0) is 37.0 Å². The van der Waals surface area contributed by atoms with E-state index >= 15 is 0 Å². The highest BCUT2D eigenvalue weighted by molar-refractivity contribution is 5.28. The Morgan fingerprint density at radius 3 is 2.24 bits per heavy atom. The second-order valence-corrected chi connectivity index (χ2v) is 4.67. The fraction of sp³-hybridized carbons (Fsp3) is 0.571. The number of hydrogen-bond acceptors (Lipinski definition) is 3. The van der Waals surface area contributed by atoms with E-state index in [0.29, 0.717) is 5.75 Å². The van der Waals surface area contributed by atoms with Crippen LogP contribution in [-0.4, -0.2) is 22.9 Å². The van der Waals surface area contributed by atoms with E-state index in [1.807, 2.05) is 19.1 Å². The molecular formula is C14H23NO2. The third-order valence-electron chi connectivity index (χ3n) is 3.31. The van der Waals surface area contributed by atoms with Crippen LogP contribution in [0.15, 0.2) is 24.3 Å². The lowest BCUT2D eigenvalue weighted by molar-refractivity contribution is 0.200. The first kappa shape index (κ1) is 14.0. The number of benzene rings is 1. The third kappa shape index (κ3) is 4.02. The molecule has 0 aliphatic heterocycles. The van der Waals surface area contributed by atoms with E-state index in [9.17, 15) is 5.11 Å². The molecular weight excluding hydrogens is 214 g/mol. The maximum Gasteiger partial charge on any atom is 0.115 e. The summed E-state index contributed by atoms with van der Waals surface area (Å²) < 4.78 is 0. The molecule has 3 heteroatoms. The molecule has 0 aromatic heterocycles. The molecule has 0 amide bonds. The third-order valence-corrected chi connectivity index (χ3v) is 3.31. The Hall–Kier alpha value is -1.06. The molecule has 96 valence electrons. The van der Waals surface area contributed by atoms with Crippen molar-refractivity contribution in [1.82, 2.24) is 5.32 Å². The van der Waals surface area contributed by atoms with Crippen LogP contribution in [0.5, 0.6) is 5.75 Å². The molecule has 0 radical (unpaired) electrons. The van der Waals surface area contributed by atoms with Crippen LogP contribution in [0.2, 0.25) is 0 Å². The van der Waals surface area contributed by atoms with Crippen molar-refractivity contribution in [2.24, 2.45) is 5.92 Å². The lowest BCUT2D eigenvalue weighted by atomic mass is 9.99. The Morgan fingerprint density at radius 2 is 1.76 bits per heavy atom. The monoisotopic (exact) mass is 237 g/mol. The van der Waals surface area contributed by atoms with Gasteiger partial charge in [0.15, 0.2) is 0 Å². The zero-order valence-corrected chi connectivity index (χ0v) is 10.9. The summed E-state index contributed by atoms with van der Waals surface area (Å²) >= 11 is 0. The van der Waals surface area contributed by atoms with Crippen LogP contribution < -0.4 is 5.32 Å². The Balaban J connectivity index is 2.68. The smallest absolute Gasteiger partial charge is 0.115 e. The van der Waals surface area contributed by atoms with Gasteiger partial charge in [0.25, 0.3) is 0 Å². The van der Waals surface area contributed by atoms with Gasteiger partial charge < -0.3 is 15.5 Å². The quantitative estimate of drug-likeness (QED) is 0.712. The summed E-state index contributed by atoms with van der Waals surface area (Å²) in [7, 11) is 0. The zero-order chi connectivity index (χ0) is 12.8. The van der Waals surface area contributed by atoms with Crippen molar-refractivity contribution in [2.75, 3.05) is 6.61 Å². The number of rotatable bonds is 6. The van der Waals surface area contributed by atoms with E-state index < -0.39 is 0 Å². The lowest BCUT2D eigenvalue weighted by Crippen LogP contribution is -2.36. The molecule has 0 aliphatic rings. The molecule has 0 bridgehead atoms. The summed E-state index contributed by atoms with van der Waals surface area (Å²) in [5, 5.41) is 21.9. The van der Waals surface area contributed by atoms with Crippen molar-refractivity contribution >= 4 is 0 Å². The molecule has 1 aromatic carbocycles. The summed E-state index contributed by atoms with van der Waals surface area (Å²) in [4.78, 5) is 0. The van der Waals surface area contributed by atoms with E-state index in [0.717, 1.165) is 6.42 Å². The van der Waals surface area contributed by atoms with E-state index in [-0.39, 0.29) is 24.6 Å². The predicted octanol–water partition coefficient (Wildman–Crippen LogP) is 2.45. The van der Waals surface area contributed by atoms with Crippen LogP contribution in [0.3, 0.4) is 0 Å². The first-order valence-corrected chi connectivity index (χ1v) is 6.24. The highest BCUT2D eigenvalue weighted by Crippen LogP contribution is 2.21. The van der Waals surface area contributed by atoms with E-state index in [4.69, 9.17) is 5.11 Å². The Labute approximate surface area is 103 Å². The van der Waals surface area contributed by atoms with E-state index in [2.05, 4.69) is 19.2 Å². The van der Waals surface area contributed by atoms with Crippen LogP contribution >= 0.6 is 0 Å². The maximum atomic E-state index is 9.27. The van der Waals surface area contributed by atoms with Crippen LogP contribution in [0.1, 0.15) is 38.8 Å². The largest absolute Gasteiger partial charge is 0.508 e. The highest BCUT2D eigenvalue weighted by Gasteiger charge is 2.16. The number of aliphatic hydroxyl groups excluding tert-OH is 1. The first-order valence-electron chi connectivity index (χ1n) is 6.24. The molecule has 17 heavy (non-hydrogen) atoms. The topological polar surface area (TPSA) is 52.5 Å². The molecule has 0 saturated carbocycles. The number of phenolic OH excluding ortho intramolecular Hbond substituents is 1. The van der Waals surface area contributed by atoms with Gasteiger partial charge in [-0.2, -0.15) is 0 Å². The molecule has 3 unspecified atom stereocenters. The molecule has 3 atom stereocenters. The molecule has 1 rings (SSSR count). The summed E-state index contributed by atoms with van der Waals surface area (Å²) in [6.45, 7) is 6.44. The van der Waals surface area contributed by atoms with Gasteiger partial charge in [0, 0.05) is 18.7 Å². The van der Waals surface area contributed by atoms with Crippen molar-refractivity contribution in [2.45, 2.75) is 39.3 Å². The average molecular weight is 237 g/mol. The average Bonchev–Trinajstić information content (AvgIpc) is 2.35. The summed E-state index contributed by atoms with van der Waals surface area (Å²) in [5.41, 5.74) is 1.17. The zero-order valence-electron chi connectivity index (χ0n) is 10.9. The SMILES string of the molecule is CCC(NC(C)C(C)CO)c1ccc(O)cc1. The second kappa shape index (κ2) is 6.62. The lowest BCUT2D eigenvalue weighted by Gasteiger charge is -2.26. The molecule has 0 heterocycles. The van der Waals surface area contributed by atoms with Gasteiger partial charge in [-0.25, -0.2) is 0 Å². The van der Waals surface area contributed by atoms with Crippen LogP contribution in [0.4, 0.5) is 0 Å². The van der Waals surface area contributed by atoms with Gasteiger partial charge in [-0.1, -0.05) is 26.0 Å². The number of aliphatic hydroxyl groups is 1. The molecule has 3 N–H and O–H groups in total. The summed E-state index contributed by atoms with van der Waals surface area (Å²) in [5.74, 6) is 0.529. The van der Waals surface area contributed by atoms with Gasteiger partial charge in [0.1, 0.15) is 5.75 Å². The molecule has 1 aromatic rings. The van der Waals surface area contributed by atoms with Crippen LogP contribution in [0.25, 0.3) is 0 Å². The molecule has 3 nitrogen and oxygen atoms in total. The van der Waals surface area contributed by atoms with Crippen molar-refractivity contribution < 1.29 is 10.2 Å². The molecule has 0 fully saturated rings. The minimum absolute atomic E-state index is 0.195. The first-order chi connectivity index (χ1) is 8.08. The van der Waals surface area contributed by atoms with Crippen molar-refractivity contribution in [1.29, 1.82) is 0 Å². The maximum absolute atomic E-state index is 9.27. The van der Waals surface area contributed by atoms with Gasteiger partial charge in [-0.3, -0.25) is 0 Å². The fourth-order valence-electron chi connectivity index (χ4n) is 1.80. The number of nitrogens with one attached hydrogen (secondary N) is 1.